The number of nitrogens with zero attached hydrogens (tertiary/aromatic N) is 2. The zero-order chi connectivity index (χ0) is 25.8. The summed E-state index contributed by atoms with van der Waals surface area (Å²) in [5, 5.41) is 0. The van der Waals surface area contributed by atoms with Gasteiger partial charge in [0, 0.05) is 12.7 Å². The van der Waals surface area contributed by atoms with Crippen LogP contribution in [-0.2, 0) is 40.5 Å². The van der Waals surface area contributed by atoms with Crippen LogP contribution in [0.5, 0.6) is 0 Å². The summed E-state index contributed by atoms with van der Waals surface area (Å²) in [4.78, 5) is 29.3. The highest BCUT2D eigenvalue weighted by molar-refractivity contribution is 7.91. The van der Waals surface area contributed by atoms with Crippen molar-refractivity contribution in [1.29, 1.82) is 0 Å². The number of aromatic nitrogens is 1. The topological polar surface area (TPSA) is 129 Å². The standard InChI is InChI=1S/C23H26N2O7S3/c1-4-32-22(27)15-25-19-12-11-18(34(3,28)29)14-20(19)33-23(25)24-21(26)6-5-13-35(30,31)17-9-7-16(2)8-10-17/h7-12,14H,4-6,13,15H2,1-3H3. The third-order valence-corrected chi connectivity index (χ3v) is 9.05. The van der Waals surface area contributed by atoms with Crippen LogP contribution >= 0.6 is 11.3 Å². The Kier molecular flexibility index (Phi) is 8.29. The lowest BCUT2D eigenvalue weighted by Crippen LogP contribution is -2.23. The summed E-state index contributed by atoms with van der Waals surface area (Å²) in [6, 6.07) is 11.0. The Morgan fingerprint density at radius 3 is 2.31 bits per heavy atom. The minimum absolute atomic E-state index is 0.0829. The van der Waals surface area contributed by atoms with Gasteiger partial charge in [0.25, 0.3) is 0 Å². The van der Waals surface area contributed by atoms with E-state index in [-0.39, 0.29) is 46.3 Å². The highest BCUT2D eigenvalue weighted by Gasteiger charge is 2.17. The Labute approximate surface area is 207 Å². The van der Waals surface area contributed by atoms with Crippen LogP contribution in [0.3, 0.4) is 0 Å². The van der Waals surface area contributed by atoms with Crippen LogP contribution in [0.4, 0.5) is 0 Å². The summed E-state index contributed by atoms with van der Waals surface area (Å²) in [5.41, 5.74) is 1.48. The number of sulfone groups is 2. The molecule has 1 amide bonds. The maximum atomic E-state index is 12.6. The maximum absolute atomic E-state index is 12.6. The summed E-state index contributed by atoms with van der Waals surface area (Å²) >= 11 is 1.06. The van der Waals surface area contributed by atoms with Gasteiger partial charge >= 0.3 is 5.97 Å². The Bertz CT molecular complexity index is 1530. The molecule has 0 fully saturated rings. The molecule has 3 aromatic rings. The van der Waals surface area contributed by atoms with Gasteiger partial charge in [0.2, 0.25) is 5.91 Å². The average molecular weight is 539 g/mol. The molecule has 0 bridgehead atoms. The van der Waals surface area contributed by atoms with Gasteiger partial charge in [-0.05, 0) is 50.6 Å². The fourth-order valence-corrected chi connectivity index (χ4v) is 6.42. The third-order valence-electron chi connectivity index (χ3n) is 5.08. The third kappa shape index (κ3) is 6.86. The van der Waals surface area contributed by atoms with Crippen molar-refractivity contribution < 1.29 is 31.2 Å². The van der Waals surface area contributed by atoms with Crippen LogP contribution in [0.1, 0.15) is 25.3 Å². The van der Waals surface area contributed by atoms with E-state index in [0.717, 1.165) is 23.2 Å². The van der Waals surface area contributed by atoms with E-state index in [1.165, 1.54) is 28.8 Å². The van der Waals surface area contributed by atoms with Crippen molar-refractivity contribution in [3.63, 3.8) is 0 Å². The molecule has 188 valence electrons. The first-order valence-electron chi connectivity index (χ1n) is 10.8. The second-order valence-electron chi connectivity index (χ2n) is 7.92. The van der Waals surface area contributed by atoms with E-state index in [2.05, 4.69) is 4.99 Å². The Balaban J connectivity index is 1.86. The van der Waals surface area contributed by atoms with Crippen LogP contribution in [0.2, 0.25) is 0 Å². The number of hydrogen-bond donors (Lipinski definition) is 0. The van der Waals surface area contributed by atoms with E-state index >= 15 is 0 Å². The average Bonchev–Trinajstić information content (AvgIpc) is 3.09. The molecule has 3 rings (SSSR count). The number of benzene rings is 2. The highest BCUT2D eigenvalue weighted by atomic mass is 32.2. The number of carbonyl (C=O) groups is 2. The quantitative estimate of drug-likeness (QED) is 0.383. The van der Waals surface area contributed by atoms with Gasteiger partial charge in [-0.2, -0.15) is 4.99 Å². The summed E-state index contributed by atoms with van der Waals surface area (Å²) in [7, 11) is -6.98. The van der Waals surface area contributed by atoms with Gasteiger partial charge in [-0.15, -0.1) is 0 Å². The minimum Gasteiger partial charge on any atom is -0.465 e. The lowest BCUT2D eigenvalue weighted by atomic mass is 10.2. The lowest BCUT2D eigenvalue weighted by Gasteiger charge is -2.06. The van der Waals surface area contributed by atoms with E-state index < -0.39 is 31.6 Å². The number of fused-ring (bicyclic) bond motifs is 1. The first kappa shape index (κ1) is 26.8. The van der Waals surface area contributed by atoms with Crippen molar-refractivity contribution in [2.45, 2.75) is 43.0 Å². The molecule has 0 aliphatic carbocycles. The van der Waals surface area contributed by atoms with Crippen molar-refractivity contribution in [2.75, 3.05) is 18.6 Å². The van der Waals surface area contributed by atoms with Crippen LogP contribution in [0, 0.1) is 6.92 Å². The highest BCUT2D eigenvalue weighted by Crippen LogP contribution is 2.22. The minimum atomic E-state index is -3.53. The van der Waals surface area contributed by atoms with Crippen molar-refractivity contribution in [2.24, 2.45) is 4.99 Å². The van der Waals surface area contributed by atoms with Crippen LogP contribution < -0.4 is 4.80 Å². The molecule has 35 heavy (non-hydrogen) atoms. The Morgan fingerprint density at radius 2 is 1.69 bits per heavy atom. The largest absolute Gasteiger partial charge is 0.465 e. The molecule has 0 aliphatic heterocycles. The van der Waals surface area contributed by atoms with Gasteiger partial charge in [-0.25, -0.2) is 16.8 Å². The number of hydrogen-bond acceptors (Lipinski definition) is 8. The predicted molar refractivity (Wildman–Crippen MR) is 133 cm³/mol. The Morgan fingerprint density at radius 1 is 1.03 bits per heavy atom. The molecule has 2 aromatic carbocycles. The Hall–Kier alpha value is -2.83. The molecule has 0 unspecified atom stereocenters. The first-order valence-corrected chi connectivity index (χ1v) is 15.1. The zero-order valence-electron chi connectivity index (χ0n) is 19.6. The van der Waals surface area contributed by atoms with E-state index in [9.17, 15) is 26.4 Å². The molecule has 0 saturated carbocycles. The summed E-state index contributed by atoms with van der Waals surface area (Å²) in [6.45, 7) is 3.51. The number of carbonyl (C=O) groups excluding carboxylic acids is 2. The first-order chi connectivity index (χ1) is 16.4. The van der Waals surface area contributed by atoms with E-state index in [1.54, 1.807) is 25.1 Å². The molecular formula is C23H26N2O7S3. The second-order valence-corrected chi connectivity index (χ2v) is 13.1. The molecule has 1 aromatic heterocycles. The normalized spacial score (nSPS) is 12.7. The number of rotatable bonds is 9. The SMILES string of the molecule is CCOC(=O)Cn1c(=NC(=O)CCCS(=O)(=O)c2ccc(C)cc2)sc2cc(S(C)(=O)=O)ccc21. The molecule has 0 aliphatic rings. The van der Waals surface area contributed by atoms with Crippen molar-refractivity contribution >= 4 is 53.1 Å². The van der Waals surface area contributed by atoms with Gasteiger partial charge in [0.15, 0.2) is 24.5 Å². The molecule has 0 spiro atoms. The fourth-order valence-electron chi connectivity index (χ4n) is 3.30. The molecule has 9 nitrogen and oxygen atoms in total. The van der Waals surface area contributed by atoms with Crippen molar-refractivity contribution in [3.05, 3.63) is 52.8 Å². The predicted octanol–water partition coefficient (Wildman–Crippen LogP) is 2.66. The van der Waals surface area contributed by atoms with E-state index in [0.29, 0.717) is 10.2 Å². The molecule has 0 radical (unpaired) electrons. The lowest BCUT2D eigenvalue weighted by molar-refractivity contribution is -0.143. The van der Waals surface area contributed by atoms with E-state index in [4.69, 9.17) is 4.74 Å². The second kappa shape index (κ2) is 10.8. The molecule has 0 saturated heterocycles. The van der Waals surface area contributed by atoms with Gasteiger partial charge in [-0.1, -0.05) is 29.0 Å². The van der Waals surface area contributed by atoms with Gasteiger partial charge in [0.1, 0.15) is 6.54 Å². The van der Waals surface area contributed by atoms with Crippen LogP contribution in [-0.4, -0.2) is 51.9 Å². The maximum Gasteiger partial charge on any atom is 0.326 e. The van der Waals surface area contributed by atoms with Gasteiger partial charge in [-0.3, -0.25) is 9.59 Å². The number of ether oxygens (including phenoxy) is 1. The number of thiazole rings is 1. The molecule has 0 atom stereocenters. The van der Waals surface area contributed by atoms with Gasteiger partial charge < -0.3 is 9.30 Å². The number of amides is 1. The summed E-state index contributed by atoms with van der Waals surface area (Å²) in [5.74, 6) is -1.28. The molecule has 12 heteroatoms. The molecular weight excluding hydrogens is 512 g/mol. The molecule has 1 heterocycles. The van der Waals surface area contributed by atoms with Crippen LogP contribution in [0.25, 0.3) is 10.2 Å². The monoisotopic (exact) mass is 538 g/mol. The molecule has 0 N–H and O–H groups in total. The van der Waals surface area contributed by atoms with Crippen molar-refractivity contribution in [3.8, 4) is 0 Å². The summed E-state index contributed by atoms with van der Waals surface area (Å²) < 4.78 is 55.9. The van der Waals surface area contributed by atoms with Gasteiger partial charge in [0.05, 0.1) is 32.4 Å². The van der Waals surface area contributed by atoms with Crippen molar-refractivity contribution in [1.82, 2.24) is 4.57 Å². The smallest absolute Gasteiger partial charge is 0.326 e. The summed E-state index contributed by atoms with van der Waals surface area (Å²) in [6.07, 6.45) is 1.07. The number of aryl methyl sites for hydroxylation is 1. The zero-order valence-corrected chi connectivity index (χ0v) is 22.0. The number of esters is 1. The van der Waals surface area contributed by atoms with E-state index in [1.807, 2.05) is 6.92 Å². The van der Waals surface area contributed by atoms with Crippen LogP contribution in [0.15, 0.2) is 57.2 Å². The fraction of sp³-hybridized carbons (Fsp3) is 0.348.